The minimum absolute atomic E-state index is 0.122. The lowest BCUT2D eigenvalue weighted by atomic mass is 10.1. The van der Waals surface area contributed by atoms with Crippen LogP contribution in [-0.2, 0) is 9.53 Å². The van der Waals surface area contributed by atoms with Crippen LogP contribution in [0.5, 0.6) is 0 Å². The summed E-state index contributed by atoms with van der Waals surface area (Å²) in [4.78, 5) is 18.8. The molecule has 2 aromatic rings. The van der Waals surface area contributed by atoms with E-state index in [-0.39, 0.29) is 5.91 Å². The van der Waals surface area contributed by atoms with Gasteiger partial charge in [0.1, 0.15) is 0 Å². The minimum atomic E-state index is -0.122. The number of benzene rings is 1. The van der Waals surface area contributed by atoms with Crippen LogP contribution in [0.25, 0.3) is 15.8 Å². The van der Waals surface area contributed by atoms with Crippen LogP contribution in [0.3, 0.4) is 0 Å². The van der Waals surface area contributed by atoms with Crippen molar-refractivity contribution in [1.82, 2.24) is 9.88 Å². The van der Waals surface area contributed by atoms with E-state index in [0.717, 1.165) is 66.0 Å². The van der Waals surface area contributed by atoms with Crippen molar-refractivity contribution in [2.45, 2.75) is 0 Å². The highest BCUT2D eigenvalue weighted by Gasteiger charge is 2.26. The summed E-state index contributed by atoms with van der Waals surface area (Å²) in [5, 5.41) is 7.11. The Morgan fingerprint density at radius 2 is 2.22 bits per heavy atom. The number of hydrogen-bond donors (Lipinski definition) is 2. The fourth-order valence-electron chi connectivity index (χ4n) is 2.93. The third kappa shape index (κ3) is 2.71. The molecule has 0 saturated carbocycles. The summed E-state index contributed by atoms with van der Waals surface area (Å²) in [6, 6.07) is 3.83. The van der Waals surface area contributed by atoms with E-state index in [4.69, 9.17) is 4.74 Å². The van der Waals surface area contributed by atoms with Crippen LogP contribution in [0.2, 0.25) is 0 Å². The number of hydrogen-bond acceptors (Lipinski definition) is 6. The summed E-state index contributed by atoms with van der Waals surface area (Å²) in [6.45, 7) is 9.32. The SMILES string of the molecule is C=C1C(=O)Nc2ccc3nc(NCCN4CCOCC4)sc3c21. The van der Waals surface area contributed by atoms with Gasteiger partial charge in [0.15, 0.2) is 5.13 Å². The largest absolute Gasteiger partial charge is 0.379 e. The van der Waals surface area contributed by atoms with Crippen LogP contribution in [0.1, 0.15) is 5.56 Å². The number of nitrogens with one attached hydrogen (secondary N) is 2. The van der Waals surface area contributed by atoms with Crippen molar-refractivity contribution in [2.24, 2.45) is 0 Å². The molecular weight excluding hydrogens is 312 g/mol. The summed E-state index contributed by atoms with van der Waals surface area (Å²) >= 11 is 1.58. The Morgan fingerprint density at radius 3 is 3.04 bits per heavy atom. The van der Waals surface area contributed by atoms with E-state index in [0.29, 0.717) is 5.57 Å². The number of aromatic nitrogens is 1. The molecule has 3 heterocycles. The molecule has 1 fully saturated rings. The second kappa shape index (κ2) is 5.92. The molecule has 0 atom stereocenters. The summed E-state index contributed by atoms with van der Waals surface area (Å²) in [7, 11) is 0. The molecule has 0 bridgehead atoms. The molecule has 6 nitrogen and oxygen atoms in total. The molecule has 4 rings (SSSR count). The van der Waals surface area contributed by atoms with Gasteiger partial charge >= 0.3 is 0 Å². The quantitative estimate of drug-likeness (QED) is 0.840. The minimum Gasteiger partial charge on any atom is -0.379 e. The van der Waals surface area contributed by atoms with E-state index in [1.165, 1.54) is 0 Å². The second-order valence-corrected chi connectivity index (χ2v) is 6.67. The highest BCUT2D eigenvalue weighted by molar-refractivity contribution is 7.22. The average Bonchev–Trinajstić information content (AvgIpc) is 3.09. The van der Waals surface area contributed by atoms with Crippen molar-refractivity contribution >= 4 is 43.9 Å². The molecule has 23 heavy (non-hydrogen) atoms. The van der Waals surface area contributed by atoms with Gasteiger partial charge < -0.3 is 15.4 Å². The number of carbonyl (C=O) groups excluding carboxylic acids is 1. The molecule has 1 aromatic heterocycles. The van der Waals surface area contributed by atoms with Crippen molar-refractivity contribution < 1.29 is 9.53 Å². The molecule has 0 unspecified atom stereocenters. The van der Waals surface area contributed by atoms with E-state index in [9.17, 15) is 4.79 Å². The Balaban J connectivity index is 1.49. The monoisotopic (exact) mass is 330 g/mol. The summed E-state index contributed by atoms with van der Waals surface area (Å²) in [6.07, 6.45) is 0. The van der Waals surface area contributed by atoms with Gasteiger partial charge in [-0.25, -0.2) is 4.98 Å². The molecule has 2 N–H and O–H groups in total. The maximum Gasteiger partial charge on any atom is 0.255 e. The van der Waals surface area contributed by atoms with Crippen molar-refractivity contribution in [3.05, 3.63) is 24.3 Å². The first-order chi connectivity index (χ1) is 11.2. The van der Waals surface area contributed by atoms with Gasteiger partial charge in [0.2, 0.25) is 0 Å². The van der Waals surface area contributed by atoms with E-state index >= 15 is 0 Å². The van der Waals surface area contributed by atoms with Crippen LogP contribution in [0.4, 0.5) is 10.8 Å². The second-order valence-electron chi connectivity index (χ2n) is 5.67. The maximum atomic E-state index is 11.8. The summed E-state index contributed by atoms with van der Waals surface area (Å²) in [5.41, 5.74) is 3.15. The first-order valence-electron chi connectivity index (χ1n) is 7.70. The van der Waals surface area contributed by atoms with Crippen molar-refractivity contribution in [3.8, 4) is 0 Å². The maximum absolute atomic E-state index is 11.8. The number of fused-ring (bicyclic) bond motifs is 3. The fourth-order valence-corrected chi connectivity index (χ4v) is 3.99. The van der Waals surface area contributed by atoms with Gasteiger partial charge in [-0.3, -0.25) is 9.69 Å². The molecule has 0 aliphatic carbocycles. The first kappa shape index (κ1) is 14.6. The normalized spacial score (nSPS) is 18.3. The fraction of sp³-hybridized carbons (Fsp3) is 0.375. The molecule has 120 valence electrons. The van der Waals surface area contributed by atoms with E-state index < -0.39 is 0 Å². The molecule has 0 spiro atoms. The number of nitrogens with zero attached hydrogens (tertiary/aromatic N) is 2. The Morgan fingerprint density at radius 1 is 1.39 bits per heavy atom. The Bertz CT molecular complexity index is 780. The number of amides is 1. The lowest BCUT2D eigenvalue weighted by Gasteiger charge is -2.26. The highest BCUT2D eigenvalue weighted by atomic mass is 32.1. The smallest absolute Gasteiger partial charge is 0.255 e. The van der Waals surface area contributed by atoms with Gasteiger partial charge in [-0.15, -0.1) is 0 Å². The third-order valence-corrected chi connectivity index (χ3v) is 5.24. The zero-order chi connectivity index (χ0) is 15.8. The molecular formula is C16H18N4O2S. The molecule has 7 heteroatoms. The lowest BCUT2D eigenvalue weighted by molar-refractivity contribution is -0.110. The highest BCUT2D eigenvalue weighted by Crippen LogP contribution is 2.40. The third-order valence-electron chi connectivity index (χ3n) is 4.19. The standard InChI is InChI=1S/C16H18N4O2S/c1-10-13-11(18-15(10)21)2-3-12-14(13)23-16(19-12)17-4-5-20-6-8-22-9-7-20/h2-3H,1,4-9H2,(H,17,19)(H,18,21). The predicted octanol–water partition coefficient (Wildman–Crippen LogP) is 2.01. The van der Waals surface area contributed by atoms with Gasteiger partial charge in [0.05, 0.1) is 29.1 Å². The Labute approximate surface area is 138 Å². The van der Waals surface area contributed by atoms with Gasteiger partial charge in [-0.1, -0.05) is 17.9 Å². The first-order valence-corrected chi connectivity index (χ1v) is 8.52. The Hall–Kier alpha value is -1.96. The van der Waals surface area contributed by atoms with E-state index in [2.05, 4.69) is 27.1 Å². The van der Waals surface area contributed by atoms with Gasteiger partial charge in [-0.05, 0) is 12.1 Å². The zero-order valence-corrected chi connectivity index (χ0v) is 13.5. The van der Waals surface area contributed by atoms with Crippen LogP contribution in [-0.4, -0.2) is 55.2 Å². The van der Waals surface area contributed by atoms with Crippen molar-refractivity contribution in [1.29, 1.82) is 0 Å². The van der Waals surface area contributed by atoms with Crippen molar-refractivity contribution in [2.75, 3.05) is 50.0 Å². The summed E-state index contributed by atoms with van der Waals surface area (Å²) in [5.74, 6) is -0.122. The molecule has 1 saturated heterocycles. The molecule has 1 amide bonds. The van der Waals surface area contributed by atoms with Crippen LogP contribution in [0, 0.1) is 0 Å². The Kier molecular flexibility index (Phi) is 3.76. The van der Waals surface area contributed by atoms with Gasteiger partial charge in [0, 0.05) is 37.3 Å². The number of morpholine rings is 1. The molecule has 2 aliphatic heterocycles. The number of carbonyl (C=O) groups is 1. The number of thiazole rings is 1. The van der Waals surface area contributed by atoms with Gasteiger partial charge in [-0.2, -0.15) is 0 Å². The summed E-state index contributed by atoms with van der Waals surface area (Å²) < 4.78 is 6.37. The number of ether oxygens (including phenoxy) is 1. The predicted molar refractivity (Wildman–Crippen MR) is 93.0 cm³/mol. The number of rotatable bonds is 4. The number of anilines is 2. The van der Waals surface area contributed by atoms with E-state index in [1.807, 2.05) is 12.1 Å². The van der Waals surface area contributed by atoms with Crippen molar-refractivity contribution in [3.63, 3.8) is 0 Å². The molecule has 0 radical (unpaired) electrons. The van der Waals surface area contributed by atoms with E-state index in [1.54, 1.807) is 11.3 Å². The van der Waals surface area contributed by atoms with Crippen LogP contribution in [0.15, 0.2) is 18.7 Å². The molecule has 1 aromatic carbocycles. The van der Waals surface area contributed by atoms with Crippen LogP contribution >= 0.6 is 11.3 Å². The average molecular weight is 330 g/mol. The van der Waals surface area contributed by atoms with Gasteiger partial charge in [0.25, 0.3) is 5.91 Å². The molecule has 2 aliphatic rings. The lowest BCUT2D eigenvalue weighted by Crippen LogP contribution is -2.38. The van der Waals surface area contributed by atoms with Crippen LogP contribution < -0.4 is 10.6 Å². The zero-order valence-electron chi connectivity index (χ0n) is 12.7. The topological polar surface area (TPSA) is 66.5 Å².